The van der Waals surface area contributed by atoms with Gasteiger partial charge in [0.25, 0.3) is 5.91 Å². The zero-order valence-corrected chi connectivity index (χ0v) is 25.4. The lowest BCUT2D eigenvalue weighted by molar-refractivity contribution is -0.154. The summed E-state index contributed by atoms with van der Waals surface area (Å²) in [6.45, 7) is 3.67. The maximum absolute atomic E-state index is 14.3. The molecule has 0 bridgehead atoms. The first-order valence-electron chi connectivity index (χ1n) is 15.4. The smallest absolute Gasteiger partial charge is 0.328 e. The van der Waals surface area contributed by atoms with Gasteiger partial charge in [-0.15, -0.1) is 0 Å². The van der Waals surface area contributed by atoms with Crippen molar-refractivity contribution in [3.05, 3.63) is 108 Å². The van der Waals surface area contributed by atoms with Crippen LogP contribution in [0.2, 0.25) is 0 Å². The number of hydrogen-bond donors (Lipinski definition) is 0. The van der Waals surface area contributed by atoms with Crippen molar-refractivity contribution in [2.75, 3.05) is 46.9 Å². The van der Waals surface area contributed by atoms with Crippen LogP contribution in [-0.2, 0) is 19.7 Å². The zero-order chi connectivity index (χ0) is 30.2. The number of ether oxygens (including phenoxy) is 1. The highest BCUT2D eigenvalue weighted by atomic mass is 16.5. The van der Waals surface area contributed by atoms with Crippen LogP contribution in [0.25, 0.3) is 0 Å². The van der Waals surface area contributed by atoms with Gasteiger partial charge in [0.05, 0.1) is 12.5 Å². The van der Waals surface area contributed by atoms with Crippen LogP contribution in [0.15, 0.2) is 91.0 Å². The number of rotatable bonds is 10. The number of hydrogen-bond acceptors (Lipinski definition) is 5. The molecule has 2 heterocycles. The highest BCUT2D eigenvalue weighted by molar-refractivity contribution is 5.94. The number of esters is 1. The Morgan fingerprint density at radius 2 is 1.49 bits per heavy atom. The summed E-state index contributed by atoms with van der Waals surface area (Å²) in [6.07, 6.45) is 3.76. The Bertz CT molecular complexity index is 1360. The monoisotopic (exact) mass is 581 g/mol. The molecule has 2 atom stereocenters. The number of piperidine rings is 1. The third kappa shape index (κ3) is 6.83. The number of likely N-dealkylation sites (N-methyl/N-ethyl adjacent to an activating group) is 1. The van der Waals surface area contributed by atoms with E-state index in [4.69, 9.17) is 4.74 Å². The fraction of sp³-hybridized carbons (Fsp3) is 0.417. The third-order valence-electron chi connectivity index (χ3n) is 9.36. The molecule has 226 valence electrons. The second kappa shape index (κ2) is 14.0. The van der Waals surface area contributed by atoms with E-state index in [0.29, 0.717) is 37.9 Å². The van der Waals surface area contributed by atoms with E-state index in [1.165, 1.54) is 12.7 Å². The number of benzene rings is 3. The van der Waals surface area contributed by atoms with Gasteiger partial charge in [-0.2, -0.15) is 0 Å². The predicted molar refractivity (Wildman–Crippen MR) is 168 cm³/mol. The van der Waals surface area contributed by atoms with Crippen molar-refractivity contribution in [3.63, 3.8) is 0 Å². The predicted octanol–water partition coefficient (Wildman–Crippen LogP) is 5.13. The zero-order valence-electron chi connectivity index (χ0n) is 25.4. The molecule has 0 aromatic heterocycles. The minimum atomic E-state index is -0.657. The summed E-state index contributed by atoms with van der Waals surface area (Å²) >= 11 is 0. The van der Waals surface area contributed by atoms with Crippen molar-refractivity contribution < 1.29 is 19.1 Å². The van der Waals surface area contributed by atoms with Gasteiger partial charge in [0.15, 0.2) is 0 Å². The molecule has 0 radical (unpaired) electrons. The van der Waals surface area contributed by atoms with E-state index in [2.05, 4.69) is 41.3 Å². The maximum atomic E-state index is 14.3. The normalized spacial score (nSPS) is 19.0. The topological polar surface area (TPSA) is 70.2 Å². The Hall–Kier alpha value is -3.97. The van der Waals surface area contributed by atoms with Gasteiger partial charge >= 0.3 is 5.97 Å². The first-order chi connectivity index (χ1) is 20.9. The van der Waals surface area contributed by atoms with E-state index < -0.39 is 11.5 Å². The van der Waals surface area contributed by atoms with Gasteiger partial charge in [0, 0.05) is 31.6 Å². The lowest BCUT2D eigenvalue weighted by atomic mass is 9.71. The largest absolute Gasteiger partial charge is 0.467 e. The van der Waals surface area contributed by atoms with Crippen LogP contribution in [0.4, 0.5) is 0 Å². The van der Waals surface area contributed by atoms with Crippen LogP contribution < -0.4 is 0 Å². The second-order valence-corrected chi connectivity index (χ2v) is 11.9. The molecular weight excluding hydrogens is 538 g/mol. The summed E-state index contributed by atoms with van der Waals surface area (Å²) < 4.78 is 5.05. The number of likely N-dealkylation sites (tertiary alicyclic amines) is 2. The Labute approximate surface area is 255 Å². The van der Waals surface area contributed by atoms with E-state index >= 15 is 0 Å². The number of carbonyl (C=O) groups is 3. The Kier molecular flexibility index (Phi) is 9.93. The minimum absolute atomic E-state index is 0.0258. The van der Waals surface area contributed by atoms with Gasteiger partial charge in [-0.3, -0.25) is 9.59 Å². The highest BCUT2D eigenvalue weighted by Crippen LogP contribution is 2.39. The molecule has 0 aliphatic carbocycles. The molecule has 2 amide bonds. The molecule has 0 N–H and O–H groups in total. The average molecular weight is 582 g/mol. The van der Waals surface area contributed by atoms with E-state index in [9.17, 15) is 14.4 Å². The summed E-state index contributed by atoms with van der Waals surface area (Å²) in [6, 6.07) is 29.5. The summed E-state index contributed by atoms with van der Waals surface area (Å²) in [5, 5.41) is 0. The van der Waals surface area contributed by atoms with Gasteiger partial charge in [-0.25, -0.2) is 4.79 Å². The molecule has 2 aliphatic heterocycles. The molecule has 3 aromatic rings. The van der Waals surface area contributed by atoms with Crippen LogP contribution in [0.3, 0.4) is 0 Å². The molecule has 0 spiro atoms. The Morgan fingerprint density at radius 3 is 2.12 bits per heavy atom. The third-order valence-corrected chi connectivity index (χ3v) is 9.36. The molecule has 5 rings (SSSR count). The summed E-state index contributed by atoms with van der Waals surface area (Å²) in [4.78, 5) is 46.0. The van der Waals surface area contributed by atoms with Crippen molar-refractivity contribution >= 4 is 17.8 Å². The quantitative estimate of drug-likeness (QED) is 0.311. The van der Waals surface area contributed by atoms with Crippen molar-refractivity contribution in [1.29, 1.82) is 0 Å². The van der Waals surface area contributed by atoms with E-state index in [0.717, 1.165) is 38.0 Å². The first kappa shape index (κ1) is 30.5. The Balaban J connectivity index is 1.28. The number of methoxy groups -OCH3 is 1. The summed E-state index contributed by atoms with van der Waals surface area (Å²) in [7, 11) is 3.28. The first-order valence-corrected chi connectivity index (χ1v) is 15.4. The molecule has 2 unspecified atom stereocenters. The second-order valence-electron chi connectivity index (χ2n) is 11.9. The van der Waals surface area contributed by atoms with Crippen molar-refractivity contribution in [2.45, 2.75) is 49.5 Å². The van der Waals surface area contributed by atoms with E-state index in [-0.39, 0.29) is 23.7 Å². The molecular formula is C36H43N3O4. The van der Waals surface area contributed by atoms with Crippen LogP contribution in [-0.4, -0.2) is 85.4 Å². The lowest BCUT2D eigenvalue weighted by Crippen LogP contribution is -2.55. The number of carbonyl (C=O) groups excluding carboxylic acids is 3. The van der Waals surface area contributed by atoms with Gasteiger partial charge in [-0.05, 0) is 75.0 Å². The molecule has 2 fully saturated rings. The molecule has 7 nitrogen and oxygen atoms in total. The fourth-order valence-corrected chi connectivity index (χ4v) is 6.85. The number of nitrogens with zero attached hydrogens (tertiary/aromatic N) is 3. The van der Waals surface area contributed by atoms with Crippen LogP contribution >= 0.6 is 0 Å². The molecule has 7 heteroatoms. The van der Waals surface area contributed by atoms with Crippen molar-refractivity contribution in [2.24, 2.45) is 0 Å². The standard InChI is InChI=1S/C36H43N3O4/c1-37(33(40)29-15-8-4-9-16-29)27-30(28-13-6-3-7-14-28)20-24-38-25-21-36(22-26-38,31-17-10-5-11-18-31)35(42)39-23-12-19-32(39)34(41)43-2/h3-11,13-18,30,32H,12,19-27H2,1-2H3. The van der Waals surface area contributed by atoms with E-state index in [1.54, 1.807) is 4.90 Å². The lowest BCUT2D eigenvalue weighted by Gasteiger charge is -2.44. The van der Waals surface area contributed by atoms with Crippen molar-refractivity contribution in [3.8, 4) is 0 Å². The van der Waals surface area contributed by atoms with Crippen LogP contribution in [0.1, 0.15) is 59.5 Å². The van der Waals surface area contributed by atoms with E-state index in [1.807, 2.05) is 66.5 Å². The molecule has 43 heavy (non-hydrogen) atoms. The SMILES string of the molecule is COC(=O)C1CCCN1C(=O)C1(c2ccccc2)CCN(CCC(CN(C)C(=O)c2ccccc2)c2ccccc2)CC1. The molecule has 3 aromatic carbocycles. The minimum Gasteiger partial charge on any atom is -0.467 e. The summed E-state index contributed by atoms with van der Waals surface area (Å²) in [5.41, 5.74) is 2.29. The maximum Gasteiger partial charge on any atom is 0.328 e. The van der Waals surface area contributed by atoms with Gasteiger partial charge < -0.3 is 19.4 Å². The molecule has 2 saturated heterocycles. The fourth-order valence-electron chi connectivity index (χ4n) is 6.85. The Morgan fingerprint density at radius 1 is 0.884 bits per heavy atom. The highest BCUT2D eigenvalue weighted by Gasteiger charge is 2.48. The average Bonchev–Trinajstić information content (AvgIpc) is 3.57. The van der Waals surface area contributed by atoms with Crippen molar-refractivity contribution in [1.82, 2.24) is 14.7 Å². The van der Waals surface area contributed by atoms with Crippen LogP contribution in [0, 0.1) is 0 Å². The molecule has 0 saturated carbocycles. The summed E-state index contributed by atoms with van der Waals surface area (Å²) in [5.74, 6) is -0.0619. The number of amides is 2. The van der Waals surface area contributed by atoms with Gasteiger partial charge in [0.1, 0.15) is 6.04 Å². The van der Waals surface area contributed by atoms with Gasteiger partial charge in [-0.1, -0.05) is 78.9 Å². The molecule has 2 aliphatic rings. The van der Waals surface area contributed by atoms with Crippen LogP contribution in [0.5, 0.6) is 0 Å². The van der Waals surface area contributed by atoms with Gasteiger partial charge in [0.2, 0.25) is 5.91 Å².